The molecule has 2 heteroatoms. The third-order valence-electron chi connectivity index (χ3n) is 7.23. The van der Waals surface area contributed by atoms with Crippen molar-refractivity contribution in [3.8, 4) is 0 Å². The number of fused-ring (bicyclic) bond motifs is 2. The predicted octanol–water partition coefficient (Wildman–Crippen LogP) is 3.91. The van der Waals surface area contributed by atoms with Crippen molar-refractivity contribution in [1.29, 1.82) is 0 Å². The van der Waals surface area contributed by atoms with Crippen LogP contribution in [0.5, 0.6) is 0 Å². The minimum Gasteiger partial charge on any atom is -0.314 e. The molecule has 1 saturated carbocycles. The van der Waals surface area contributed by atoms with Crippen molar-refractivity contribution >= 4 is 0 Å². The van der Waals surface area contributed by atoms with Crippen molar-refractivity contribution in [1.82, 2.24) is 10.2 Å². The molecule has 2 bridgehead atoms. The highest BCUT2D eigenvalue weighted by atomic mass is 15.2. The van der Waals surface area contributed by atoms with Gasteiger partial charge in [-0.15, -0.1) is 0 Å². The van der Waals surface area contributed by atoms with E-state index >= 15 is 0 Å². The minimum absolute atomic E-state index is 0.793. The monoisotopic (exact) mass is 292 g/mol. The Morgan fingerprint density at radius 1 is 0.905 bits per heavy atom. The maximum Gasteiger partial charge on any atom is 0.0125 e. The van der Waals surface area contributed by atoms with Crippen LogP contribution in [0.15, 0.2) is 0 Å². The summed E-state index contributed by atoms with van der Waals surface area (Å²) in [5.74, 6) is 3.73. The number of piperidine rings is 1. The number of nitrogens with zero attached hydrogens (tertiary/aromatic N) is 1. The molecule has 3 rings (SSSR count). The first kappa shape index (κ1) is 15.8. The third-order valence-corrected chi connectivity index (χ3v) is 7.23. The van der Waals surface area contributed by atoms with Crippen LogP contribution in [0.4, 0.5) is 0 Å². The van der Waals surface area contributed by atoms with E-state index in [4.69, 9.17) is 0 Å². The highest BCUT2D eigenvalue weighted by Gasteiger charge is 2.43. The number of rotatable bonds is 4. The molecule has 3 aliphatic rings. The van der Waals surface area contributed by atoms with Crippen LogP contribution in [0.25, 0.3) is 0 Å². The van der Waals surface area contributed by atoms with E-state index in [1.807, 2.05) is 0 Å². The van der Waals surface area contributed by atoms with Gasteiger partial charge in [-0.3, -0.25) is 0 Å². The smallest absolute Gasteiger partial charge is 0.0125 e. The Morgan fingerprint density at radius 2 is 1.57 bits per heavy atom. The fraction of sp³-hybridized carbons (Fsp3) is 1.00. The maximum atomic E-state index is 3.92. The average molecular weight is 293 g/mol. The van der Waals surface area contributed by atoms with Gasteiger partial charge in [-0.25, -0.2) is 0 Å². The van der Waals surface area contributed by atoms with Crippen LogP contribution in [-0.4, -0.2) is 36.6 Å². The van der Waals surface area contributed by atoms with Crippen molar-refractivity contribution in [3.63, 3.8) is 0 Å². The van der Waals surface area contributed by atoms with Crippen LogP contribution in [0.3, 0.4) is 0 Å². The summed E-state index contributed by atoms with van der Waals surface area (Å²) in [6.07, 6.45) is 10.2. The van der Waals surface area contributed by atoms with Crippen LogP contribution >= 0.6 is 0 Å². The van der Waals surface area contributed by atoms with Crippen LogP contribution in [0.1, 0.15) is 65.7 Å². The normalized spacial score (nSPS) is 45.7. The summed E-state index contributed by atoms with van der Waals surface area (Å²) in [6.45, 7) is 8.38. The Hall–Kier alpha value is -0.0800. The van der Waals surface area contributed by atoms with Crippen molar-refractivity contribution in [3.05, 3.63) is 0 Å². The van der Waals surface area contributed by atoms with Crippen molar-refractivity contribution in [2.24, 2.45) is 23.7 Å². The summed E-state index contributed by atoms with van der Waals surface area (Å²) in [5, 5.41) is 3.92. The van der Waals surface area contributed by atoms with E-state index < -0.39 is 0 Å². The Balaban J connectivity index is 1.67. The Bertz CT molecular complexity index is 328. The van der Waals surface area contributed by atoms with E-state index in [0.29, 0.717) is 0 Å². The summed E-state index contributed by atoms with van der Waals surface area (Å²) in [6, 6.07) is 2.56. The molecule has 122 valence electrons. The van der Waals surface area contributed by atoms with E-state index in [2.05, 4.69) is 38.0 Å². The average Bonchev–Trinajstić information content (AvgIpc) is 2.70. The van der Waals surface area contributed by atoms with Crippen molar-refractivity contribution in [2.75, 3.05) is 13.6 Å². The van der Waals surface area contributed by atoms with E-state index in [0.717, 1.165) is 48.3 Å². The lowest BCUT2D eigenvalue weighted by atomic mass is 9.69. The minimum atomic E-state index is 0.793. The Labute approximate surface area is 132 Å². The standard InChI is InChI=1S/C19H36N2/c1-5-20-19(15-7-6-13(2)14(3)10-15)16-11-17-8-9-18(12-16)21(17)4/h13-20H,5-12H2,1-4H3. The summed E-state index contributed by atoms with van der Waals surface area (Å²) in [5.41, 5.74) is 0. The first-order valence-electron chi connectivity index (χ1n) is 9.55. The van der Waals surface area contributed by atoms with Gasteiger partial charge < -0.3 is 10.2 Å². The molecule has 1 N–H and O–H groups in total. The van der Waals surface area contributed by atoms with Crippen LogP contribution in [0.2, 0.25) is 0 Å². The van der Waals surface area contributed by atoms with E-state index in [9.17, 15) is 0 Å². The molecule has 0 amide bonds. The molecule has 0 aromatic carbocycles. The second-order valence-electron chi connectivity index (χ2n) is 8.39. The first-order chi connectivity index (χ1) is 10.1. The van der Waals surface area contributed by atoms with Gasteiger partial charge in [0.15, 0.2) is 0 Å². The lowest BCUT2D eigenvalue weighted by Gasteiger charge is -2.45. The molecular formula is C19H36N2. The predicted molar refractivity (Wildman–Crippen MR) is 90.4 cm³/mol. The van der Waals surface area contributed by atoms with Gasteiger partial charge in [0.05, 0.1) is 0 Å². The Morgan fingerprint density at radius 3 is 2.14 bits per heavy atom. The number of hydrogen-bond acceptors (Lipinski definition) is 2. The van der Waals surface area contributed by atoms with Gasteiger partial charge in [-0.05, 0) is 75.8 Å². The van der Waals surface area contributed by atoms with Gasteiger partial charge in [-0.2, -0.15) is 0 Å². The molecule has 6 unspecified atom stereocenters. The fourth-order valence-electron chi connectivity index (χ4n) is 5.62. The second kappa shape index (κ2) is 6.58. The van der Waals surface area contributed by atoms with Crippen LogP contribution in [0, 0.1) is 23.7 Å². The van der Waals surface area contributed by atoms with Gasteiger partial charge >= 0.3 is 0 Å². The lowest BCUT2D eigenvalue weighted by Crippen LogP contribution is -2.50. The van der Waals surface area contributed by atoms with Crippen molar-refractivity contribution in [2.45, 2.75) is 83.8 Å². The number of hydrogen-bond donors (Lipinski definition) is 1. The summed E-state index contributed by atoms with van der Waals surface area (Å²) >= 11 is 0. The molecule has 1 aliphatic carbocycles. The van der Waals surface area contributed by atoms with Crippen LogP contribution < -0.4 is 5.32 Å². The topological polar surface area (TPSA) is 15.3 Å². The molecular weight excluding hydrogens is 256 g/mol. The quantitative estimate of drug-likeness (QED) is 0.845. The highest BCUT2D eigenvalue weighted by Crippen LogP contribution is 2.43. The highest BCUT2D eigenvalue weighted by molar-refractivity contribution is 4.99. The van der Waals surface area contributed by atoms with E-state index in [1.165, 1.54) is 44.9 Å². The van der Waals surface area contributed by atoms with Gasteiger partial charge in [0, 0.05) is 18.1 Å². The Kier molecular flexibility index (Phi) is 4.95. The molecule has 2 aliphatic heterocycles. The molecule has 2 heterocycles. The van der Waals surface area contributed by atoms with Crippen molar-refractivity contribution < 1.29 is 0 Å². The molecule has 3 fully saturated rings. The first-order valence-corrected chi connectivity index (χ1v) is 9.55. The van der Waals surface area contributed by atoms with E-state index in [-0.39, 0.29) is 0 Å². The lowest BCUT2D eigenvalue weighted by molar-refractivity contribution is 0.0730. The SMILES string of the molecule is CCNC(C1CCC(C)C(C)C1)C1CC2CCC(C1)N2C. The third kappa shape index (κ3) is 3.17. The molecule has 6 atom stereocenters. The molecule has 0 aromatic rings. The fourth-order valence-corrected chi connectivity index (χ4v) is 5.62. The zero-order valence-electron chi connectivity index (χ0n) is 14.6. The molecule has 0 aromatic heterocycles. The van der Waals surface area contributed by atoms with Gasteiger partial charge in [0.25, 0.3) is 0 Å². The van der Waals surface area contributed by atoms with Gasteiger partial charge in [0.2, 0.25) is 0 Å². The summed E-state index contributed by atoms with van der Waals surface area (Å²) in [7, 11) is 2.37. The molecule has 2 nitrogen and oxygen atoms in total. The van der Waals surface area contributed by atoms with E-state index in [1.54, 1.807) is 0 Å². The molecule has 0 radical (unpaired) electrons. The zero-order chi connectivity index (χ0) is 15.0. The zero-order valence-corrected chi connectivity index (χ0v) is 14.6. The molecule has 21 heavy (non-hydrogen) atoms. The van der Waals surface area contributed by atoms with Gasteiger partial charge in [0.1, 0.15) is 0 Å². The molecule has 2 saturated heterocycles. The second-order valence-corrected chi connectivity index (χ2v) is 8.39. The summed E-state index contributed by atoms with van der Waals surface area (Å²) in [4.78, 5) is 2.69. The molecule has 0 spiro atoms. The summed E-state index contributed by atoms with van der Waals surface area (Å²) < 4.78 is 0. The van der Waals surface area contributed by atoms with Gasteiger partial charge in [-0.1, -0.05) is 27.2 Å². The number of nitrogens with one attached hydrogen (secondary N) is 1. The maximum absolute atomic E-state index is 3.92. The van der Waals surface area contributed by atoms with Crippen LogP contribution in [-0.2, 0) is 0 Å². The largest absolute Gasteiger partial charge is 0.314 e.